The van der Waals surface area contributed by atoms with E-state index in [2.05, 4.69) is 20.3 Å². The van der Waals surface area contributed by atoms with E-state index in [1.165, 1.54) is 6.07 Å². The van der Waals surface area contributed by atoms with E-state index in [1.54, 1.807) is 53.5 Å². The molecular weight excluding hydrogens is 333 g/mol. The minimum Gasteiger partial charge on any atom is -0.395 e. The number of pyridine rings is 2. The smallest absolute Gasteiger partial charge is 0.147 e. The SMILES string of the molecule is OCCNc1ccc(-c2nc3ccncc3n2-c2ccccc2F)cn1. The number of para-hydroxylation sites is 1. The molecule has 4 aromatic rings. The monoisotopic (exact) mass is 349 g/mol. The summed E-state index contributed by atoms with van der Waals surface area (Å²) >= 11 is 0. The molecule has 0 saturated carbocycles. The second kappa shape index (κ2) is 6.89. The van der Waals surface area contributed by atoms with Crippen LogP contribution in [0.4, 0.5) is 10.2 Å². The Balaban J connectivity index is 1.87. The van der Waals surface area contributed by atoms with Gasteiger partial charge < -0.3 is 10.4 Å². The predicted molar refractivity (Wildman–Crippen MR) is 97.6 cm³/mol. The fourth-order valence-corrected chi connectivity index (χ4v) is 2.81. The van der Waals surface area contributed by atoms with Crippen LogP contribution in [0.25, 0.3) is 28.1 Å². The predicted octanol–water partition coefficient (Wildman–Crippen LogP) is 3.03. The third-order valence-corrected chi connectivity index (χ3v) is 3.99. The first-order valence-electron chi connectivity index (χ1n) is 8.16. The molecule has 2 N–H and O–H groups in total. The van der Waals surface area contributed by atoms with Crippen molar-refractivity contribution in [3.8, 4) is 17.1 Å². The summed E-state index contributed by atoms with van der Waals surface area (Å²) in [7, 11) is 0. The number of fused-ring (bicyclic) bond motifs is 1. The molecule has 0 atom stereocenters. The molecule has 1 aromatic carbocycles. The molecule has 0 bridgehead atoms. The first-order chi connectivity index (χ1) is 12.8. The summed E-state index contributed by atoms with van der Waals surface area (Å²) < 4.78 is 16.2. The standard InChI is InChI=1S/C19H16FN5O/c20-14-3-1-2-4-16(14)25-17-12-21-8-7-15(17)24-19(25)13-5-6-18(23-11-13)22-9-10-26/h1-8,11-12,26H,9-10H2,(H,22,23). The first kappa shape index (κ1) is 16.2. The highest BCUT2D eigenvalue weighted by atomic mass is 19.1. The number of nitrogens with one attached hydrogen (secondary N) is 1. The van der Waals surface area contributed by atoms with Gasteiger partial charge >= 0.3 is 0 Å². The van der Waals surface area contributed by atoms with Crippen LogP contribution in [0.3, 0.4) is 0 Å². The molecule has 0 saturated heterocycles. The van der Waals surface area contributed by atoms with E-state index in [1.807, 2.05) is 6.07 Å². The number of imidazole rings is 1. The number of aliphatic hydroxyl groups is 1. The molecular formula is C19H16FN5O. The van der Waals surface area contributed by atoms with Crippen molar-refractivity contribution >= 4 is 16.9 Å². The lowest BCUT2D eigenvalue weighted by atomic mass is 10.2. The van der Waals surface area contributed by atoms with Gasteiger partial charge in [0.25, 0.3) is 0 Å². The number of rotatable bonds is 5. The van der Waals surface area contributed by atoms with E-state index in [0.29, 0.717) is 23.9 Å². The van der Waals surface area contributed by atoms with Crippen LogP contribution < -0.4 is 5.32 Å². The average Bonchev–Trinajstić information content (AvgIpc) is 3.06. The van der Waals surface area contributed by atoms with E-state index in [0.717, 1.165) is 16.6 Å². The molecule has 4 rings (SSSR count). The maximum absolute atomic E-state index is 14.5. The van der Waals surface area contributed by atoms with Gasteiger partial charge in [-0.15, -0.1) is 0 Å². The molecule has 0 amide bonds. The molecule has 0 unspecified atom stereocenters. The topological polar surface area (TPSA) is 75.9 Å². The summed E-state index contributed by atoms with van der Waals surface area (Å²) in [6, 6.07) is 12.0. The molecule has 3 aromatic heterocycles. The molecule has 0 spiro atoms. The van der Waals surface area contributed by atoms with Gasteiger partial charge in [0.05, 0.1) is 29.5 Å². The average molecular weight is 349 g/mol. The van der Waals surface area contributed by atoms with Crippen LogP contribution in [0.5, 0.6) is 0 Å². The second-order valence-corrected chi connectivity index (χ2v) is 5.67. The molecule has 0 aliphatic heterocycles. The Bertz CT molecular complexity index is 1050. The van der Waals surface area contributed by atoms with Crippen LogP contribution in [-0.4, -0.2) is 37.8 Å². The Hall–Kier alpha value is -3.32. The zero-order chi connectivity index (χ0) is 17.9. The fourth-order valence-electron chi connectivity index (χ4n) is 2.81. The third kappa shape index (κ3) is 2.89. The highest BCUT2D eigenvalue weighted by molar-refractivity contribution is 5.82. The van der Waals surface area contributed by atoms with E-state index < -0.39 is 0 Å². The van der Waals surface area contributed by atoms with Crippen LogP contribution >= 0.6 is 0 Å². The lowest BCUT2D eigenvalue weighted by Gasteiger charge is -2.10. The summed E-state index contributed by atoms with van der Waals surface area (Å²) in [6.07, 6.45) is 5.00. The largest absolute Gasteiger partial charge is 0.395 e. The lowest BCUT2D eigenvalue weighted by Crippen LogP contribution is -2.06. The Labute approximate surface area is 149 Å². The number of benzene rings is 1. The van der Waals surface area contributed by atoms with Crippen molar-refractivity contribution in [1.82, 2.24) is 19.5 Å². The second-order valence-electron chi connectivity index (χ2n) is 5.67. The van der Waals surface area contributed by atoms with Crippen molar-refractivity contribution < 1.29 is 9.50 Å². The Kier molecular flexibility index (Phi) is 4.28. The maximum atomic E-state index is 14.5. The molecule has 0 aliphatic carbocycles. The summed E-state index contributed by atoms with van der Waals surface area (Å²) in [5, 5.41) is 11.9. The maximum Gasteiger partial charge on any atom is 0.147 e. The fraction of sp³-hybridized carbons (Fsp3) is 0.105. The van der Waals surface area contributed by atoms with Crippen molar-refractivity contribution in [2.45, 2.75) is 0 Å². The van der Waals surface area contributed by atoms with E-state index in [-0.39, 0.29) is 12.4 Å². The third-order valence-electron chi connectivity index (χ3n) is 3.99. The van der Waals surface area contributed by atoms with Crippen molar-refractivity contribution in [1.29, 1.82) is 0 Å². The quantitative estimate of drug-likeness (QED) is 0.579. The summed E-state index contributed by atoms with van der Waals surface area (Å²) in [5.41, 5.74) is 2.59. The van der Waals surface area contributed by atoms with Crippen molar-refractivity contribution in [3.05, 3.63) is 66.9 Å². The first-order valence-corrected chi connectivity index (χ1v) is 8.16. The minimum atomic E-state index is -0.342. The number of hydrogen-bond donors (Lipinski definition) is 2. The minimum absolute atomic E-state index is 0.0273. The van der Waals surface area contributed by atoms with Gasteiger partial charge in [0.15, 0.2) is 0 Å². The number of aromatic nitrogens is 4. The molecule has 3 heterocycles. The lowest BCUT2D eigenvalue weighted by molar-refractivity contribution is 0.311. The van der Waals surface area contributed by atoms with Crippen molar-refractivity contribution in [2.24, 2.45) is 0 Å². The number of aliphatic hydroxyl groups excluding tert-OH is 1. The Morgan fingerprint density at radius 2 is 1.96 bits per heavy atom. The molecule has 0 aliphatic rings. The van der Waals surface area contributed by atoms with Gasteiger partial charge in [0.2, 0.25) is 0 Å². The number of anilines is 1. The Morgan fingerprint density at radius 1 is 1.08 bits per heavy atom. The Morgan fingerprint density at radius 3 is 2.73 bits per heavy atom. The highest BCUT2D eigenvalue weighted by Gasteiger charge is 2.17. The van der Waals surface area contributed by atoms with Crippen molar-refractivity contribution in [2.75, 3.05) is 18.5 Å². The molecule has 26 heavy (non-hydrogen) atoms. The summed E-state index contributed by atoms with van der Waals surface area (Å²) in [5.74, 6) is 0.892. The van der Waals surface area contributed by atoms with Gasteiger partial charge in [-0.2, -0.15) is 0 Å². The number of halogens is 1. The molecule has 0 fully saturated rings. The zero-order valence-corrected chi connectivity index (χ0v) is 13.8. The van der Waals surface area contributed by atoms with Gasteiger partial charge in [0, 0.05) is 24.5 Å². The van der Waals surface area contributed by atoms with E-state index in [4.69, 9.17) is 5.11 Å². The van der Waals surface area contributed by atoms with Crippen LogP contribution in [0.15, 0.2) is 61.1 Å². The number of nitrogens with zero attached hydrogens (tertiary/aromatic N) is 4. The van der Waals surface area contributed by atoms with Gasteiger partial charge in [-0.3, -0.25) is 9.55 Å². The van der Waals surface area contributed by atoms with Crippen LogP contribution in [0.2, 0.25) is 0 Å². The highest BCUT2D eigenvalue weighted by Crippen LogP contribution is 2.29. The summed E-state index contributed by atoms with van der Waals surface area (Å²) in [4.78, 5) is 13.1. The van der Waals surface area contributed by atoms with Crippen molar-refractivity contribution in [3.63, 3.8) is 0 Å². The van der Waals surface area contributed by atoms with Gasteiger partial charge in [-0.05, 0) is 30.3 Å². The van der Waals surface area contributed by atoms with Gasteiger partial charge in [-0.1, -0.05) is 12.1 Å². The van der Waals surface area contributed by atoms with Crippen LogP contribution in [-0.2, 0) is 0 Å². The van der Waals surface area contributed by atoms with Gasteiger partial charge in [0.1, 0.15) is 17.5 Å². The number of hydrogen-bond acceptors (Lipinski definition) is 5. The molecule has 6 nitrogen and oxygen atoms in total. The molecule has 130 valence electrons. The normalized spacial score (nSPS) is 11.0. The zero-order valence-electron chi connectivity index (χ0n) is 13.8. The molecule has 0 radical (unpaired) electrons. The van der Waals surface area contributed by atoms with Crippen LogP contribution in [0.1, 0.15) is 0 Å². The van der Waals surface area contributed by atoms with E-state index >= 15 is 0 Å². The van der Waals surface area contributed by atoms with Crippen LogP contribution in [0, 0.1) is 5.82 Å². The van der Waals surface area contributed by atoms with Gasteiger partial charge in [-0.25, -0.2) is 14.4 Å². The van der Waals surface area contributed by atoms with E-state index in [9.17, 15) is 4.39 Å². The summed E-state index contributed by atoms with van der Waals surface area (Å²) in [6.45, 7) is 0.450. The molecule has 7 heteroatoms.